The normalized spacial score (nSPS) is 16.7. The molecule has 6 nitrogen and oxygen atoms in total. The molecule has 0 radical (unpaired) electrons. The van der Waals surface area contributed by atoms with E-state index in [0.29, 0.717) is 22.7 Å². The summed E-state index contributed by atoms with van der Waals surface area (Å²) < 4.78 is 32.3. The maximum atomic E-state index is 12.4. The Morgan fingerprint density at radius 1 is 1.48 bits per heavy atom. The standard InChI is InChI=1S/C14H13ClN2O4S2/c1-7-3-9-4-10(5-11(15)13(9)21-7)23(19,20)17-14(18)12-6-22-8(2)16-12/h4-7H,3H2,1-2H3,(H,17,18)/t7-/m0/s1. The van der Waals surface area contributed by atoms with Gasteiger partial charge in [-0.15, -0.1) is 11.3 Å². The molecule has 1 N–H and O–H groups in total. The first-order valence-corrected chi connectivity index (χ1v) is 9.48. The lowest BCUT2D eigenvalue weighted by atomic mass is 10.1. The van der Waals surface area contributed by atoms with E-state index >= 15 is 0 Å². The lowest BCUT2D eigenvalue weighted by Crippen LogP contribution is -2.30. The van der Waals surface area contributed by atoms with E-state index in [2.05, 4.69) is 4.98 Å². The van der Waals surface area contributed by atoms with Gasteiger partial charge in [0.25, 0.3) is 15.9 Å². The van der Waals surface area contributed by atoms with Crippen LogP contribution in [0.3, 0.4) is 0 Å². The molecule has 2 aromatic rings. The number of nitrogens with one attached hydrogen (secondary N) is 1. The van der Waals surface area contributed by atoms with E-state index in [1.54, 1.807) is 6.92 Å². The van der Waals surface area contributed by atoms with E-state index in [0.717, 1.165) is 0 Å². The summed E-state index contributed by atoms with van der Waals surface area (Å²) in [5.41, 5.74) is 0.780. The van der Waals surface area contributed by atoms with Gasteiger partial charge in [0, 0.05) is 17.4 Å². The number of carbonyl (C=O) groups is 1. The average molecular weight is 373 g/mol. The van der Waals surface area contributed by atoms with Crippen LogP contribution in [-0.4, -0.2) is 25.4 Å². The summed E-state index contributed by atoms with van der Waals surface area (Å²) in [4.78, 5) is 15.9. The van der Waals surface area contributed by atoms with Crippen LogP contribution in [0.25, 0.3) is 0 Å². The summed E-state index contributed by atoms with van der Waals surface area (Å²) in [5.74, 6) is -0.268. The number of amides is 1. The number of fused-ring (bicyclic) bond motifs is 1. The Morgan fingerprint density at radius 3 is 2.87 bits per heavy atom. The summed E-state index contributed by atoms with van der Waals surface area (Å²) in [5, 5.41) is 2.40. The number of sulfonamides is 1. The van der Waals surface area contributed by atoms with Gasteiger partial charge in [0.05, 0.1) is 14.9 Å². The second-order valence-corrected chi connectivity index (χ2v) is 8.36. The Hall–Kier alpha value is -1.64. The average Bonchev–Trinajstić information content (AvgIpc) is 3.03. The van der Waals surface area contributed by atoms with E-state index in [1.165, 1.54) is 28.8 Å². The number of halogens is 1. The minimum Gasteiger partial charge on any atom is -0.489 e. The molecule has 1 aromatic carbocycles. The summed E-state index contributed by atoms with van der Waals surface area (Å²) in [7, 11) is -4.03. The number of hydrogen-bond donors (Lipinski definition) is 1. The maximum Gasteiger partial charge on any atom is 0.284 e. The highest BCUT2D eigenvalue weighted by atomic mass is 35.5. The van der Waals surface area contributed by atoms with Crippen molar-refractivity contribution in [1.29, 1.82) is 0 Å². The molecule has 0 saturated carbocycles. The van der Waals surface area contributed by atoms with Crippen LogP contribution in [0.5, 0.6) is 5.75 Å². The molecular weight excluding hydrogens is 360 g/mol. The van der Waals surface area contributed by atoms with Crippen LogP contribution in [-0.2, 0) is 16.4 Å². The molecule has 0 bridgehead atoms. The first-order chi connectivity index (χ1) is 10.8. The van der Waals surface area contributed by atoms with Gasteiger partial charge in [-0.3, -0.25) is 4.79 Å². The van der Waals surface area contributed by atoms with Crippen molar-refractivity contribution in [2.45, 2.75) is 31.3 Å². The topological polar surface area (TPSA) is 85.4 Å². The fourth-order valence-corrected chi connectivity index (χ4v) is 4.29. The van der Waals surface area contributed by atoms with E-state index in [4.69, 9.17) is 16.3 Å². The Labute approximate surface area is 142 Å². The van der Waals surface area contributed by atoms with Crippen molar-refractivity contribution < 1.29 is 17.9 Å². The maximum absolute atomic E-state index is 12.4. The van der Waals surface area contributed by atoms with Gasteiger partial charge < -0.3 is 4.74 Å². The number of ether oxygens (including phenoxy) is 1. The molecule has 1 aliphatic rings. The molecule has 1 atom stereocenters. The van der Waals surface area contributed by atoms with Gasteiger partial charge in [-0.2, -0.15) is 0 Å². The smallest absolute Gasteiger partial charge is 0.284 e. The van der Waals surface area contributed by atoms with Crippen molar-refractivity contribution in [1.82, 2.24) is 9.71 Å². The van der Waals surface area contributed by atoms with Crippen LogP contribution < -0.4 is 9.46 Å². The lowest BCUT2D eigenvalue weighted by Gasteiger charge is -2.09. The largest absolute Gasteiger partial charge is 0.489 e. The zero-order valence-electron chi connectivity index (χ0n) is 12.3. The lowest BCUT2D eigenvalue weighted by molar-refractivity contribution is 0.0977. The predicted octanol–water partition coefficient (Wildman–Crippen LogP) is 2.55. The van der Waals surface area contributed by atoms with Gasteiger partial charge in [-0.25, -0.2) is 18.1 Å². The van der Waals surface area contributed by atoms with Gasteiger partial charge in [-0.05, 0) is 26.0 Å². The van der Waals surface area contributed by atoms with Crippen molar-refractivity contribution in [3.63, 3.8) is 0 Å². The number of aromatic nitrogens is 1. The van der Waals surface area contributed by atoms with Crippen LogP contribution in [0.4, 0.5) is 0 Å². The van der Waals surface area contributed by atoms with Gasteiger partial charge in [0.1, 0.15) is 17.5 Å². The number of thiazole rings is 1. The summed E-state index contributed by atoms with van der Waals surface area (Å²) in [6.07, 6.45) is 0.505. The van der Waals surface area contributed by atoms with Gasteiger partial charge in [0.2, 0.25) is 0 Å². The minimum atomic E-state index is -4.03. The Balaban J connectivity index is 1.90. The molecule has 9 heteroatoms. The molecular formula is C14H13ClN2O4S2. The number of nitrogens with zero attached hydrogens (tertiary/aromatic N) is 1. The van der Waals surface area contributed by atoms with Crippen molar-refractivity contribution in [2.24, 2.45) is 0 Å². The van der Waals surface area contributed by atoms with Gasteiger partial charge in [-0.1, -0.05) is 11.6 Å². The molecule has 0 fully saturated rings. The number of rotatable bonds is 3. The fraction of sp³-hybridized carbons (Fsp3) is 0.286. The first kappa shape index (κ1) is 16.2. The third kappa shape index (κ3) is 3.19. The number of hydrogen-bond acceptors (Lipinski definition) is 6. The van der Waals surface area contributed by atoms with Crippen molar-refractivity contribution >= 4 is 38.9 Å². The highest BCUT2D eigenvalue weighted by molar-refractivity contribution is 7.90. The molecule has 0 saturated heterocycles. The van der Waals surface area contributed by atoms with E-state index in [-0.39, 0.29) is 21.7 Å². The molecule has 1 aliphatic heterocycles. The molecule has 3 rings (SSSR count). The molecule has 0 spiro atoms. The molecule has 2 heterocycles. The monoisotopic (exact) mass is 372 g/mol. The SMILES string of the molecule is Cc1nc(C(=O)NS(=O)(=O)c2cc(Cl)c3c(c2)C[C@H](C)O3)cs1. The molecule has 23 heavy (non-hydrogen) atoms. The van der Waals surface area contributed by atoms with E-state index < -0.39 is 15.9 Å². The van der Waals surface area contributed by atoms with Crippen LogP contribution in [0.15, 0.2) is 22.4 Å². The van der Waals surface area contributed by atoms with Crippen molar-refractivity contribution in [2.75, 3.05) is 0 Å². The number of aryl methyl sites for hydroxylation is 1. The second kappa shape index (κ2) is 5.77. The third-order valence-corrected chi connectivity index (χ3v) is 5.67. The number of benzene rings is 1. The van der Waals surface area contributed by atoms with Crippen molar-refractivity contribution in [3.8, 4) is 5.75 Å². The second-order valence-electron chi connectivity index (χ2n) is 5.21. The Morgan fingerprint density at radius 2 is 2.22 bits per heavy atom. The van der Waals surface area contributed by atoms with Gasteiger partial charge >= 0.3 is 0 Å². The highest BCUT2D eigenvalue weighted by Crippen LogP contribution is 2.37. The van der Waals surface area contributed by atoms with Crippen LogP contribution in [0.2, 0.25) is 5.02 Å². The highest BCUT2D eigenvalue weighted by Gasteiger charge is 2.27. The van der Waals surface area contributed by atoms with Crippen LogP contribution in [0.1, 0.15) is 28.0 Å². The molecule has 1 aromatic heterocycles. The minimum absolute atomic E-state index is 0.0620. The van der Waals surface area contributed by atoms with Crippen LogP contribution in [0, 0.1) is 6.92 Å². The third-order valence-electron chi connectivity index (χ3n) is 3.31. The Bertz CT molecular complexity index is 892. The molecule has 1 amide bonds. The van der Waals surface area contributed by atoms with Gasteiger partial charge in [0.15, 0.2) is 0 Å². The molecule has 122 valence electrons. The van der Waals surface area contributed by atoms with E-state index in [1.807, 2.05) is 11.6 Å². The first-order valence-electron chi connectivity index (χ1n) is 6.74. The number of carbonyl (C=O) groups excluding carboxylic acids is 1. The zero-order chi connectivity index (χ0) is 16.8. The fourth-order valence-electron chi connectivity index (χ4n) is 2.32. The van der Waals surface area contributed by atoms with E-state index in [9.17, 15) is 13.2 Å². The quantitative estimate of drug-likeness (QED) is 0.894. The zero-order valence-corrected chi connectivity index (χ0v) is 14.7. The molecule has 0 aliphatic carbocycles. The predicted molar refractivity (Wildman–Crippen MR) is 86.7 cm³/mol. The van der Waals surface area contributed by atoms with Crippen LogP contribution >= 0.6 is 22.9 Å². The summed E-state index contributed by atoms with van der Waals surface area (Å²) in [6.45, 7) is 3.61. The summed E-state index contributed by atoms with van der Waals surface area (Å²) >= 11 is 7.36. The Kier molecular flexibility index (Phi) is 4.07. The molecule has 0 unspecified atom stereocenters. The van der Waals surface area contributed by atoms with Crippen molar-refractivity contribution in [3.05, 3.63) is 38.8 Å². The summed E-state index contributed by atoms with van der Waals surface area (Å²) in [6, 6.07) is 2.76.